The van der Waals surface area contributed by atoms with Crippen LogP contribution in [-0.4, -0.2) is 30.5 Å². The van der Waals surface area contributed by atoms with Crippen LogP contribution in [0.25, 0.3) is 5.76 Å². The molecule has 4 rings (SSSR count). The molecule has 1 aliphatic heterocycles. The van der Waals surface area contributed by atoms with Crippen LogP contribution in [0.4, 0.5) is 5.69 Å². The average Bonchev–Trinajstić information content (AvgIpc) is 3.13. The first-order chi connectivity index (χ1) is 17.3. The zero-order chi connectivity index (χ0) is 26.0. The SMILES string of the molecule is CCOc1cc(C2/C(=C(/O)c3ccc(CC)cc3)C(=O)C(=O)N2c2cc(C)cc(C)c2)ccc1OC. The Morgan fingerprint density at radius 1 is 0.917 bits per heavy atom. The van der Waals surface area contributed by atoms with Crippen LogP contribution in [0.1, 0.15) is 47.7 Å². The quantitative estimate of drug-likeness (QED) is 0.256. The standard InChI is InChI=1S/C30H31NO5/c1-6-20-8-10-21(11-9-20)28(32)26-27(22-12-13-24(35-5)25(17-22)36-7-2)31(30(34)29(26)33)23-15-18(3)14-19(4)16-23/h8-17,27,32H,6-7H2,1-5H3/b28-26-. The van der Waals surface area contributed by atoms with Crippen molar-refractivity contribution in [1.29, 1.82) is 0 Å². The molecule has 1 atom stereocenters. The summed E-state index contributed by atoms with van der Waals surface area (Å²) in [7, 11) is 1.55. The van der Waals surface area contributed by atoms with E-state index in [1.807, 2.05) is 58.0 Å². The molecule has 1 heterocycles. The molecule has 3 aromatic rings. The Hall–Kier alpha value is -4.06. The number of aryl methyl sites for hydroxylation is 3. The van der Waals surface area contributed by atoms with E-state index in [1.165, 1.54) is 4.90 Å². The number of anilines is 1. The maximum absolute atomic E-state index is 13.5. The first kappa shape index (κ1) is 25.0. The van der Waals surface area contributed by atoms with E-state index in [4.69, 9.17) is 9.47 Å². The van der Waals surface area contributed by atoms with Gasteiger partial charge in [-0.05, 0) is 73.7 Å². The van der Waals surface area contributed by atoms with Gasteiger partial charge in [-0.25, -0.2) is 0 Å². The van der Waals surface area contributed by atoms with Crippen molar-refractivity contribution in [1.82, 2.24) is 0 Å². The number of aliphatic hydroxyl groups is 1. The Morgan fingerprint density at radius 2 is 1.58 bits per heavy atom. The van der Waals surface area contributed by atoms with Crippen molar-refractivity contribution in [2.45, 2.75) is 40.2 Å². The minimum Gasteiger partial charge on any atom is -0.507 e. The third kappa shape index (κ3) is 4.59. The fourth-order valence-corrected chi connectivity index (χ4v) is 4.69. The summed E-state index contributed by atoms with van der Waals surface area (Å²) < 4.78 is 11.2. The summed E-state index contributed by atoms with van der Waals surface area (Å²) in [5.41, 5.74) is 4.77. The van der Waals surface area contributed by atoms with Gasteiger partial charge in [-0.2, -0.15) is 0 Å². The lowest BCUT2D eigenvalue weighted by molar-refractivity contribution is -0.132. The van der Waals surface area contributed by atoms with Gasteiger partial charge in [0.25, 0.3) is 11.7 Å². The molecular weight excluding hydrogens is 454 g/mol. The van der Waals surface area contributed by atoms with Gasteiger partial charge < -0.3 is 14.6 Å². The van der Waals surface area contributed by atoms with Crippen molar-refractivity contribution in [2.75, 3.05) is 18.6 Å². The number of aliphatic hydroxyl groups excluding tert-OH is 1. The number of hydrogen-bond donors (Lipinski definition) is 1. The highest BCUT2D eigenvalue weighted by Crippen LogP contribution is 2.44. The minimum absolute atomic E-state index is 0.0380. The van der Waals surface area contributed by atoms with E-state index in [-0.39, 0.29) is 11.3 Å². The second kappa shape index (κ2) is 10.3. The Bertz CT molecular complexity index is 1320. The maximum Gasteiger partial charge on any atom is 0.300 e. The van der Waals surface area contributed by atoms with Crippen LogP contribution in [-0.2, 0) is 16.0 Å². The van der Waals surface area contributed by atoms with Gasteiger partial charge in [0, 0.05) is 11.3 Å². The molecule has 0 aromatic heterocycles. The van der Waals surface area contributed by atoms with Crippen LogP contribution >= 0.6 is 0 Å². The van der Waals surface area contributed by atoms with E-state index < -0.39 is 17.7 Å². The molecule has 1 saturated heterocycles. The number of benzene rings is 3. The lowest BCUT2D eigenvalue weighted by Gasteiger charge is -2.26. The molecule has 6 heteroatoms. The molecule has 1 fully saturated rings. The molecule has 3 aromatic carbocycles. The molecule has 186 valence electrons. The fraction of sp³-hybridized carbons (Fsp3) is 0.267. The monoisotopic (exact) mass is 485 g/mol. The van der Waals surface area contributed by atoms with Gasteiger partial charge in [0.15, 0.2) is 11.5 Å². The normalized spacial score (nSPS) is 16.9. The number of methoxy groups -OCH3 is 1. The zero-order valence-corrected chi connectivity index (χ0v) is 21.3. The van der Waals surface area contributed by atoms with Crippen LogP contribution in [0.2, 0.25) is 0 Å². The molecule has 36 heavy (non-hydrogen) atoms. The second-order valence-corrected chi connectivity index (χ2v) is 8.91. The van der Waals surface area contributed by atoms with Crippen molar-refractivity contribution in [3.63, 3.8) is 0 Å². The van der Waals surface area contributed by atoms with Crippen LogP contribution < -0.4 is 14.4 Å². The second-order valence-electron chi connectivity index (χ2n) is 8.91. The lowest BCUT2D eigenvalue weighted by atomic mass is 9.94. The summed E-state index contributed by atoms with van der Waals surface area (Å²) in [6, 6.07) is 17.6. The molecular formula is C30H31NO5. The number of hydrogen-bond acceptors (Lipinski definition) is 5. The van der Waals surface area contributed by atoms with Gasteiger partial charge in [0.2, 0.25) is 0 Å². The van der Waals surface area contributed by atoms with Crippen LogP contribution in [0, 0.1) is 13.8 Å². The number of Topliss-reactive ketones (excluding diaryl/α,β-unsaturated/α-hetero) is 1. The molecule has 1 unspecified atom stereocenters. The Labute approximate surface area is 211 Å². The van der Waals surface area contributed by atoms with Crippen LogP contribution in [0.5, 0.6) is 11.5 Å². The Kier molecular flexibility index (Phi) is 7.15. The van der Waals surface area contributed by atoms with Crippen molar-refractivity contribution in [3.05, 3.63) is 94.1 Å². The number of nitrogens with zero attached hydrogens (tertiary/aromatic N) is 1. The Morgan fingerprint density at radius 3 is 2.17 bits per heavy atom. The van der Waals surface area contributed by atoms with Crippen molar-refractivity contribution >= 4 is 23.1 Å². The van der Waals surface area contributed by atoms with E-state index in [0.717, 1.165) is 23.1 Å². The number of carbonyl (C=O) groups excluding carboxylic acids is 2. The van der Waals surface area contributed by atoms with E-state index in [2.05, 4.69) is 0 Å². The summed E-state index contributed by atoms with van der Waals surface area (Å²) in [5.74, 6) is -0.591. The highest BCUT2D eigenvalue weighted by molar-refractivity contribution is 6.51. The zero-order valence-electron chi connectivity index (χ0n) is 21.3. The molecule has 1 N–H and O–H groups in total. The number of rotatable bonds is 7. The van der Waals surface area contributed by atoms with Crippen molar-refractivity contribution in [3.8, 4) is 11.5 Å². The molecule has 0 aliphatic carbocycles. The highest BCUT2D eigenvalue weighted by atomic mass is 16.5. The first-order valence-corrected chi connectivity index (χ1v) is 12.1. The van der Waals surface area contributed by atoms with Gasteiger partial charge in [-0.15, -0.1) is 0 Å². The minimum atomic E-state index is -0.845. The lowest BCUT2D eigenvalue weighted by Crippen LogP contribution is -2.29. The van der Waals surface area contributed by atoms with E-state index in [9.17, 15) is 14.7 Å². The summed E-state index contributed by atoms with van der Waals surface area (Å²) in [6.07, 6.45) is 0.851. The topological polar surface area (TPSA) is 76.1 Å². The smallest absolute Gasteiger partial charge is 0.300 e. The first-order valence-electron chi connectivity index (χ1n) is 12.1. The predicted molar refractivity (Wildman–Crippen MR) is 141 cm³/mol. The average molecular weight is 486 g/mol. The molecule has 0 bridgehead atoms. The fourth-order valence-electron chi connectivity index (χ4n) is 4.69. The number of ether oxygens (including phenoxy) is 2. The van der Waals surface area contributed by atoms with Crippen LogP contribution in [0.15, 0.2) is 66.2 Å². The largest absolute Gasteiger partial charge is 0.507 e. The number of carbonyl (C=O) groups is 2. The third-order valence-corrected chi connectivity index (χ3v) is 6.37. The Balaban J connectivity index is 1.96. The van der Waals surface area contributed by atoms with Gasteiger partial charge in [0.05, 0.1) is 25.3 Å². The summed E-state index contributed by atoms with van der Waals surface area (Å²) in [5, 5.41) is 11.4. The van der Waals surface area contributed by atoms with E-state index in [1.54, 1.807) is 37.4 Å². The van der Waals surface area contributed by atoms with Crippen molar-refractivity contribution < 1.29 is 24.2 Å². The van der Waals surface area contributed by atoms with Gasteiger partial charge >= 0.3 is 0 Å². The van der Waals surface area contributed by atoms with Crippen LogP contribution in [0.3, 0.4) is 0 Å². The van der Waals surface area contributed by atoms with E-state index in [0.29, 0.717) is 34.9 Å². The molecule has 0 radical (unpaired) electrons. The van der Waals surface area contributed by atoms with Gasteiger partial charge in [-0.3, -0.25) is 14.5 Å². The van der Waals surface area contributed by atoms with Gasteiger partial charge in [0.1, 0.15) is 5.76 Å². The summed E-state index contributed by atoms with van der Waals surface area (Å²) in [4.78, 5) is 28.4. The highest BCUT2D eigenvalue weighted by Gasteiger charge is 2.47. The molecule has 1 amide bonds. The molecule has 0 spiro atoms. The number of amides is 1. The molecule has 0 saturated carbocycles. The predicted octanol–water partition coefficient (Wildman–Crippen LogP) is 5.90. The summed E-state index contributed by atoms with van der Waals surface area (Å²) >= 11 is 0. The van der Waals surface area contributed by atoms with Crippen molar-refractivity contribution in [2.24, 2.45) is 0 Å². The van der Waals surface area contributed by atoms with Gasteiger partial charge in [-0.1, -0.05) is 43.3 Å². The maximum atomic E-state index is 13.5. The number of ketones is 1. The molecule has 6 nitrogen and oxygen atoms in total. The third-order valence-electron chi connectivity index (χ3n) is 6.37. The summed E-state index contributed by atoms with van der Waals surface area (Å²) in [6.45, 7) is 8.22. The molecule has 1 aliphatic rings. The van der Waals surface area contributed by atoms with E-state index >= 15 is 0 Å².